The van der Waals surface area contributed by atoms with Crippen molar-refractivity contribution >= 4 is 11.8 Å². The van der Waals surface area contributed by atoms with Crippen LogP contribution in [0.1, 0.15) is 19.8 Å². The number of methoxy groups -OCH3 is 1. The van der Waals surface area contributed by atoms with Crippen molar-refractivity contribution < 1.29 is 9.53 Å². The molecule has 0 aliphatic heterocycles. The highest BCUT2D eigenvalue weighted by molar-refractivity contribution is 5.96. The Hall–Kier alpha value is -1.06. The van der Waals surface area contributed by atoms with E-state index in [9.17, 15) is 4.79 Å². The van der Waals surface area contributed by atoms with E-state index in [2.05, 4.69) is 9.73 Å². The van der Waals surface area contributed by atoms with Crippen molar-refractivity contribution in [2.45, 2.75) is 19.8 Å². The van der Waals surface area contributed by atoms with Gasteiger partial charge in [-0.05, 0) is 6.42 Å². The Balaban J connectivity index is 3.66. The van der Waals surface area contributed by atoms with Crippen LogP contribution < -0.4 is 5.73 Å². The molecule has 0 saturated heterocycles. The van der Waals surface area contributed by atoms with E-state index >= 15 is 0 Å². The molecule has 0 aromatic heterocycles. The molecule has 0 aliphatic rings. The first-order chi connectivity index (χ1) is 5.20. The number of carbonyl (C=O) groups excluding carboxylic acids is 1. The lowest BCUT2D eigenvalue weighted by molar-refractivity contribution is -0.139. The Labute approximate surface area is 66.4 Å². The van der Waals surface area contributed by atoms with E-state index in [1.54, 1.807) is 0 Å². The standard InChI is InChI=1S/C7H14N2O2/c1-3-4-9-6(8)5-7(10)11-2/h3-5H2,1-2H3,(H2,8,9). The summed E-state index contributed by atoms with van der Waals surface area (Å²) >= 11 is 0. The second kappa shape index (κ2) is 5.70. The highest BCUT2D eigenvalue weighted by atomic mass is 16.5. The van der Waals surface area contributed by atoms with Crippen LogP contribution in [0, 0.1) is 0 Å². The minimum absolute atomic E-state index is 0.0938. The van der Waals surface area contributed by atoms with Crippen molar-refractivity contribution in [3.63, 3.8) is 0 Å². The molecule has 0 rings (SSSR count). The molecular formula is C7H14N2O2. The molecule has 11 heavy (non-hydrogen) atoms. The first-order valence-corrected chi connectivity index (χ1v) is 3.56. The number of esters is 1. The molecule has 2 N–H and O–H groups in total. The molecular weight excluding hydrogens is 144 g/mol. The average Bonchev–Trinajstić information content (AvgIpc) is 2.00. The van der Waals surface area contributed by atoms with Gasteiger partial charge in [0.2, 0.25) is 0 Å². The number of ether oxygens (including phenoxy) is 1. The number of hydrogen-bond acceptors (Lipinski definition) is 3. The van der Waals surface area contributed by atoms with Crippen LogP contribution in [0.15, 0.2) is 4.99 Å². The van der Waals surface area contributed by atoms with Crippen LogP contribution in [0.3, 0.4) is 0 Å². The summed E-state index contributed by atoms with van der Waals surface area (Å²) in [5.74, 6) is 0.000975. The second-order valence-corrected chi connectivity index (χ2v) is 2.13. The smallest absolute Gasteiger partial charge is 0.313 e. The Bertz CT molecular complexity index is 155. The number of nitrogens with two attached hydrogens (primary N) is 1. The molecule has 0 aliphatic carbocycles. The van der Waals surface area contributed by atoms with Gasteiger partial charge in [0, 0.05) is 6.54 Å². The lowest BCUT2D eigenvalue weighted by Crippen LogP contribution is -2.18. The minimum Gasteiger partial charge on any atom is -0.469 e. The Morgan fingerprint density at radius 1 is 1.64 bits per heavy atom. The zero-order chi connectivity index (χ0) is 8.69. The first kappa shape index (κ1) is 9.94. The Morgan fingerprint density at radius 2 is 2.27 bits per heavy atom. The molecule has 64 valence electrons. The normalized spacial score (nSPS) is 11.3. The van der Waals surface area contributed by atoms with Gasteiger partial charge in [0.15, 0.2) is 0 Å². The van der Waals surface area contributed by atoms with Crippen molar-refractivity contribution in [3.8, 4) is 0 Å². The highest BCUT2D eigenvalue weighted by Crippen LogP contribution is 1.86. The van der Waals surface area contributed by atoms with Crippen molar-refractivity contribution in [2.75, 3.05) is 13.7 Å². The molecule has 0 amide bonds. The summed E-state index contributed by atoms with van der Waals surface area (Å²) in [5.41, 5.74) is 5.39. The molecule has 0 atom stereocenters. The van der Waals surface area contributed by atoms with Gasteiger partial charge in [-0.15, -0.1) is 0 Å². The number of carbonyl (C=O) groups is 1. The fraction of sp³-hybridized carbons (Fsp3) is 0.714. The fourth-order valence-electron chi connectivity index (χ4n) is 0.531. The summed E-state index contributed by atoms with van der Waals surface area (Å²) < 4.78 is 4.40. The lowest BCUT2D eigenvalue weighted by Gasteiger charge is -1.97. The predicted molar refractivity (Wildman–Crippen MR) is 43.4 cm³/mol. The first-order valence-electron chi connectivity index (χ1n) is 3.56. The highest BCUT2D eigenvalue weighted by Gasteiger charge is 2.01. The van der Waals surface area contributed by atoms with Crippen molar-refractivity contribution in [1.82, 2.24) is 0 Å². The number of amidine groups is 1. The van der Waals surface area contributed by atoms with Crippen molar-refractivity contribution in [3.05, 3.63) is 0 Å². The van der Waals surface area contributed by atoms with Crippen molar-refractivity contribution in [2.24, 2.45) is 10.7 Å². The van der Waals surface area contributed by atoms with Gasteiger partial charge in [-0.3, -0.25) is 9.79 Å². The van der Waals surface area contributed by atoms with Gasteiger partial charge < -0.3 is 10.5 Å². The number of aliphatic imine (C=N–C) groups is 1. The molecule has 4 nitrogen and oxygen atoms in total. The molecule has 0 saturated carbocycles. The van der Waals surface area contributed by atoms with Gasteiger partial charge >= 0.3 is 5.97 Å². The summed E-state index contributed by atoms with van der Waals surface area (Å²) in [4.78, 5) is 14.5. The molecule has 0 aromatic carbocycles. The summed E-state index contributed by atoms with van der Waals surface area (Å²) in [6.07, 6.45) is 1.03. The molecule has 0 heterocycles. The molecule has 0 bridgehead atoms. The van der Waals surface area contributed by atoms with Gasteiger partial charge in [0.1, 0.15) is 12.3 Å². The van der Waals surface area contributed by atoms with Crippen LogP contribution in [0.4, 0.5) is 0 Å². The van der Waals surface area contributed by atoms with E-state index in [0.717, 1.165) is 6.42 Å². The molecule has 0 aromatic rings. The van der Waals surface area contributed by atoms with Crippen molar-refractivity contribution in [1.29, 1.82) is 0 Å². The maximum absolute atomic E-state index is 10.6. The fourth-order valence-corrected chi connectivity index (χ4v) is 0.531. The quantitative estimate of drug-likeness (QED) is 0.364. The van der Waals surface area contributed by atoms with Crippen LogP contribution >= 0.6 is 0 Å². The molecule has 0 unspecified atom stereocenters. The molecule has 4 heteroatoms. The summed E-state index contributed by atoms with van der Waals surface area (Å²) in [6.45, 7) is 2.66. The number of hydrogen-bond donors (Lipinski definition) is 1. The van der Waals surface area contributed by atoms with Gasteiger partial charge in [-0.1, -0.05) is 6.92 Å². The SMILES string of the molecule is CCCN=C(N)CC(=O)OC. The van der Waals surface area contributed by atoms with E-state index in [1.165, 1.54) is 7.11 Å². The monoisotopic (exact) mass is 158 g/mol. The van der Waals surface area contributed by atoms with E-state index in [1.807, 2.05) is 6.92 Å². The van der Waals surface area contributed by atoms with Crippen LogP contribution in [0.25, 0.3) is 0 Å². The maximum atomic E-state index is 10.6. The molecule has 0 fully saturated rings. The Kier molecular flexibility index (Phi) is 5.15. The Morgan fingerprint density at radius 3 is 2.73 bits per heavy atom. The second-order valence-electron chi connectivity index (χ2n) is 2.13. The zero-order valence-corrected chi connectivity index (χ0v) is 6.96. The van der Waals surface area contributed by atoms with Gasteiger partial charge in [-0.2, -0.15) is 0 Å². The average molecular weight is 158 g/mol. The molecule has 0 spiro atoms. The van der Waals surface area contributed by atoms with E-state index in [0.29, 0.717) is 12.4 Å². The maximum Gasteiger partial charge on any atom is 0.313 e. The van der Waals surface area contributed by atoms with E-state index in [-0.39, 0.29) is 12.4 Å². The zero-order valence-electron chi connectivity index (χ0n) is 6.96. The van der Waals surface area contributed by atoms with Crippen LogP contribution in [-0.2, 0) is 9.53 Å². The van der Waals surface area contributed by atoms with Gasteiger partial charge in [0.25, 0.3) is 0 Å². The lowest BCUT2D eigenvalue weighted by atomic mass is 10.4. The third-order valence-corrected chi connectivity index (χ3v) is 1.09. The van der Waals surface area contributed by atoms with Gasteiger partial charge in [-0.25, -0.2) is 0 Å². The largest absolute Gasteiger partial charge is 0.469 e. The van der Waals surface area contributed by atoms with Crippen LogP contribution in [-0.4, -0.2) is 25.5 Å². The van der Waals surface area contributed by atoms with Crippen LogP contribution in [0.5, 0.6) is 0 Å². The van der Waals surface area contributed by atoms with E-state index in [4.69, 9.17) is 5.73 Å². The summed E-state index contributed by atoms with van der Waals surface area (Å²) in [5, 5.41) is 0. The topological polar surface area (TPSA) is 64.7 Å². The predicted octanol–water partition coefficient (Wildman–Crippen LogP) is 0.317. The minimum atomic E-state index is -0.345. The van der Waals surface area contributed by atoms with Gasteiger partial charge in [0.05, 0.1) is 7.11 Å². The third-order valence-electron chi connectivity index (χ3n) is 1.09. The number of rotatable bonds is 4. The number of nitrogens with zero attached hydrogens (tertiary/aromatic N) is 1. The summed E-state index contributed by atoms with van der Waals surface area (Å²) in [6, 6.07) is 0. The third kappa shape index (κ3) is 5.39. The summed E-state index contributed by atoms with van der Waals surface area (Å²) in [7, 11) is 1.33. The van der Waals surface area contributed by atoms with Crippen LogP contribution in [0.2, 0.25) is 0 Å². The molecule has 0 radical (unpaired) electrons. The van der Waals surface area contributed by atoms with E-state index < -0.39 is 0 Å².